The molecule has 0 saturated carbocycles. The first-order valence-corrected chi connectivity index (χ1v) is 6.67. The van der Waals surface area contributed by atoms with Crippen molar-refractivity contribution in [1.82, 2.24) is 4.90 Å². The number of hydrogen-bond donors (Lipinski definition) is 2. The van der Waals surface area contributed by atoms with Crippen molar-refractivity contribution in [3.05, 3.63) is 0 Å². The second-order valence-corrected chi connectivity index (χ2v) is 6.06. The van der Waals surface area contributed by atoms with Gasteiger partial charge in [-0.3, -0.25) is 9.59 Å². The number of rotatable bonds is 3. The summed E-state index contributed by atoms with van der Waals surface area (Å²) in [5.74, 6) is -1.18. The lowest BCUT2D eigenvalue weighted by atomic mass is 10.2. The van der Waals surface area contributed by atoms with E-state index in [-0.39, 0.29) is 31.0 Å². The summed E-state index contributed by atoms with van der Waals surface area (Å²) < 4.78 is 22.2. The molecule has 1 aliphatic rings. The largest absolute Gasteiger partial charge is 0.370 e. The molecule has 2 amide bonds. The van der Waals surface area contributed by atoms with Crippen LogP contribution in [0.25, 0.3) is 0 Å². The summed E-state index contributed by atoms with van der Waals surface area (Å²) in [5.41, 5.74) is 10.4. The fourth-order valence-electron chi connectivity index (χ4n) is 1.47. The summed E-state index contributed by atoms with van der Waals surface area (Å²) in [6.45, 7) is 0.265. The molecule has 92 valence electrons. The van der Waals surface area contributed by atoms with Crippen LogP contribution in [0.1, 0.15) is 6.42 Å². The monoisotopic (exact) mass is 249 g/mol. The highest BCUT2D eigenvalue weighted by molar-refractivity contribution is 7.91. The first-order valence-electron chi connectivity index (χ1n) is 4.85. The highest BCUT2D eigenvalue weighted by Crippen LogP contribution is 2.06. The van der Waals surface area contributed by atoms with Gasteiger partial charge in [-0.1, -0.05) is 0 Å². The third-order valence-corrected chi connectivity index (χ3v) is 4.00. The fourth-order valence-corrected chi connectivity index (χ4v) is 2.67. The molecule has 1 rings (SSSR count). The van der Waals surface area contributed by atoms with E-state index in [0.29, 0.717) is 0 Å². The highest BCUT2D eigenvalue weighted by Gasteiger charge is 2.28. The minimum Gasteiger partial charge on any atom is -0.370 e. The van der Waals surface area contributed by atoms with E-state index in [1.54, 1.807) is 0 Å². The first kappa shape index (κ1) is 12.9. The van der Waals surface area contributed by atoms with Crippen molar-refractivity contribution in [3.63, 3.8) is 0 Å². The van der Waals surface area contributed by atoms with E-state index in [1.807, 2.05) is 0 Å². The van der Waals surface area contributed by atoms with Gasteiger partial charge in [-0.05, 0) is 0 Å². The van der Waals surface area contributed by atoms with Gasteiger partial charge in [-0.25, -0.2) is 8.42 Å². The molecule has 0 bridgehead atoms. The summed E-state index contributed by atoms with van der Waals surface area (Å²) in [6.07, 6.45) is -0.220. The normalized spacial score (nSPS) is 21.4. The van der Waals surface area contributed by atoms with Crippen molar-refractivity contribution in [2.45, 2.75) is 12.5 Å². The van der Waals surface area contributed by atoms with Crippen molar-refractivity contribution < 1.29 is 18.0 Å². The maximum Gasteiger partial charge on any atom is 0.240 e. The third kappa shape index (κ3) is 3.46. The topological polar surface area (TPSA) is 124 Å². The van der Waals surface area contributed by atoms with E-state index in [0.717, 1.165) is 0 Å². The molecule has 1 aliphatic heterocycles. The van der Waals surface area contributed by atoms with Crippen LogP contribution in [-0.2, 0) is 19.4 Å². The Balaban J connectivity index is 2.53. The molecule has 1 fully saturated rings. The molecule has 0 spiro atoms. The number of carbonyl (C=O) groups is 2. The van der Waals surface area contributed by atoms with Crippen LogP contribution in [0.5, 0.6) is 0 Å². The highest BCUT2D eigenvalue weighted by atomic mass is 32.2. The molecule has 16 heavy (non-hydrogen) atoms. The summed E-state index contributed by atoms with van der Waals surface area (Å²) in [6, 6.07) is -0.974. The minimum absolute atomic E-state index is 0.0535. The van der Waals surface area contributed by atoms with Crippen LogP contribution < -0.4 is 11.5 Å². The van der Waals surface area contributed by atoms with Crippen LogP contribution in [0.2, 0.25) is 0 Å². The van der Waals surface area contributed by atoms with E-state index in [2.05, 4.69) is 0 Å². The van der Waals surface area contributed by atoms with Gasteiger partial charge in [0.1, 0.15) is 0 Å². The molecule has 8 heteroatoms. The Morgan fingerprint density at radius 2 is 1.75 bits per heavy atom. The summed E-state index contributed by atoms with van der Waals surface area (Å²) in [4.78, 5) is 23.6. The van der Waals surface area contributed by atoms with E-state index < -0.39 is 27.7 Å². The zero-order valence-corrected chi connectivity index (χ0v) is 9.57. The van der Waals surface area contributed by atoms with Gasteiger partial charge < -0.3 is 16.4 Å². The number of hydrogen-bond acceptors (Lipinski definition) is 5. The predicted octanol–water partition coefficient (Wildman–Crippen LogP) is -2.55. The molecular formula is C8H15N3O4S. The average molecular weight is 249 g/mol. The number of sulfone groups is 1. The molecule has 1 saturated heterocycles. The van der Waals surface area contributed by atoms with Gasteiger partial charge in [-0.15, -0.1) is 0 Å². The lowest BCUT2D eigenvalue weighted by molar-refractivity contribution is -0.134. The number of carbonyl (C=O) groups excluding carboxylic acids is 2. The van der Waals surface area contributed by atoms with Crippen molar-refractivity contribution in [1.29, 1.82) is 0 Å². The van der Waals surface area contributed by atoms with Crippen LogP contribution in [0.15, 0.2) is 0 Å². The van der Waals surface area contributed by atoms with E-state index in [1.165, 1.54) is 4.90 Å². The summed E-state index contributed by atoms with van der Waals surface area (Å²) >= 11 is 0. The predicted molar refractivity (Wildman–Crippen MR) is 57.0 cm³/mol. The van der Waals surface area contributed by atoms with E-state index >= 15 is 0 Å². The lowest BCUT2D eigenvalue weighted by Crippen LogP contribution is -2.51. The van der Waals surface area contributed by atoms with Crippen molar-refractivity contribution in [2.24, 2.45) is 11.5 Å². The zero-order chi connectivity index (χ0) is 12.3. The molecule has 0 aromatic carbocycles. The Bertz CT molecular complexity index is 378. The molecule has 1 unspecified atom stereocenters. The number of nitrogens with zero attached hydrogens (tertiary/aromatic N) is 1. The second-order valence-electron chi connectivity index (χ2n) is 3.75. The van der Waals surface area contributed by atoms with Gasteiger partial charge in [0.15, 0.2) is 9.84 Å². The van der Waals surface area contributed by atoms with Gasteiger partial charge >= 0.3 is 0 Å². The van der Waals surface area contributed by atoms with E-state index in [9.17, 15) is 18.0 Å². The van der Waals surface area contributed by atoms with Gasteiger partial charge in [0, 0.05) is 13.1 Å². The van der Waals surface area contributed by atoms with Gasteiger partial charge in [0.25, 0.3) is 0 Å². The number of amides is 2. The number of primary amides is 1. The van der Waals surface area contributed by atoms with E-state index in [4.69, 9.17) is 11.5 Å². The Morgan fingerprint density at radius 3 is 2.19 bits per heavy atom. The lowest BCUT2D eigenvalue weighted by Gasteiger charge is -2.28. The Labute approximate surface area is 93.7 Å². The van der Waals surface area contributed by atoms with Crippen molar-refractivity contribution >= 4 is 21.7 Å². The molecule has 0 aliphatic carbocycles. The zero-order valence-electron chi connectivity index (χ0n) is 8.76. The molecule has 4 N–H and O–H groups in total. The molecule has 0 aromatic heterocycles. The van der Waals surface area contributed by atoms with Crippen molar-refractivity contribution in [3.8, 4) is 0 Å². The molecule has 1 heterocycles. The first-order chi connectivity index (χ1) is 7.32. The molecule has 0 radical (unpaired) electrons. The molecular weight excluding hydrogens is 234 g/mol. The maximum absolute atomic E-state index is 11.6. The molecule has 1 atom stereocenters. The van der Waals surface area contributed by atoms with Crippen LogP contribution in [0.4, 0.5) is 0 Å². The Morgan fingerprint density at radius 1 is 1.25 bits per heavy atom. The molecule has 0 aromatic rings. The smallest absolute Gasteiger partial charge is 0.240 e. The summed E-state index contributed by atoms with van der Waals surface area (Å²) in [5, 5.41) is 0. The van der Waals surface area contributed by atoms with Gasteiger partial charge in [-0.2, -0.15) is 0 Å². The van der Waals surface area contributed by atoms with Crippen LogP contribution >= 0.6 is 0 Å². The average Bonchev–Trinajstić information content (AvgIpc) is 2.15. The third-order valence-electron chi connectivity index (χ3n) is 2.39. The van der Waals surface area contributed by atoms with Crippen LogP contribution in [0.3, 0.4) is 0 Å². The fraction of sp³-hybridized carbons (Fsp3) is 0.750. The number of nitrogens with two attached hydrogens (primary N) is 2. The Kier molecular flexibility index (Phi) is 3.87. The van der Waals surface area contributed by atoms with Crippen LogP contribution in [-0.4, -0.2) is 55.8 Å². The van der Waals surface area contributed by atoms with Gasteiger partial charge in [0.05, 0.1) is 24.0 Å². The standard InChI is InChI=1S/C8H15N3O4S/c9-6(5-7(10)12)8(13)11-1-3-16(14,15)4-2-11/h6H,1-5,9H2,(H2,10,12). The Hall–Kier alpha value is -1.15. The molecule has 7 nitrogen and oxygen atoms in total. The SMILES string of the molecule is NC(=O)CC(N)C(=O)N1CCS(=O)(=O)CC1. The maximum atomic E-state index is 11.6. The van der Waals surface area contributed by atoms with Crippen LogP contribution in [0, 0.1) is 0 Å². The minimum atomic E-state index is -3.02. The summed E-state index contributed by atoms with van der Waals surface area (Å²) in [7, 11) is -3.02. The second kappa shape index (κ2) is 4.79. The quantitative estimate of drug-likeness (QED) is 0.569. The van der Waals surface area contributed by atoms with Gasteiger partial charge in [0.2, 0.25) is 11.8 Å². The van der Waals surface area contributed by atoms with Crippen molar-refractivity contribution in [2.75, 3.05) is 24.6 Å².